The molecule has 0 saturated carbocycles. The molecule has 1 rings (SSSR count). The molecule has 0 aliphatic carbocycles. The minimum Gasteiger partial charge on any atom is -0.480 e. The summed E-state index contributed by atoms with van der Waals surface area (Å²) in [5, 5.41) is 8.94. The maximum Gasteiger partial charge on any atom is 0.323 e. The summed E-state index contributed by atoms with van der Waals surface area (Å²) >= 11 is 3.27. The lowest BCUT2D eigenvalue weighted by Crippen LogP contribution is -2.33. The monoisotopic (exact) mass is 328 g/mol. The van der Waals surface area contributed by atoms with E-state index in [-0.39, 0.29) is 6.54 Å². The van der Waals surface area contributed by atoms with Gasteiger partial charge in [-0.15, -0.1) is 0 Å². The highest BCUT2D eigenvalue weighted by Gasteiger charge is 2.14. The predicted octanol–water partition coefficient (Wildman–Crippen LogP) is 2.09. The Balaban J connectivity index is 3.05. The highest BCUT2D eigenvalue weighted by molar-refractivity contribution is 9.10. The number of hydrogen-bond donors (Lipinski definition) is 2. The first-order chi connectivity index (χ1) is 8.81. The van der Waals surface area contributed by atoms with Crippen molar-refractivity contribution in [2.24, 2.45) is 11.7 Å². The zero-order valence-electron chi connectivity index (χ0n) is 10.9. The fraction of sp³-hybridized carbons (Fsp3) is 0.385. The van der Waals surface area contributed by atoms with Gasteiger partial charge in [-0.05, 0) is 40.0 Å². The number of aliphatic carboxylic acids is 1. The second kappa shape index (κ2) is 6.56. The van der Waals surface area contributed by atoms with Gasteiger partial charge in [-0.25, -0.2) is 0 Å². The van der Waals surface area contributed by atoms with Gasteiger partial charge < -0.3 is 15.7 Å². The number of carbonyl (C=O) groups excluding carboxylic acids is 1. The van der Waals surface area contributed by atoms with Crippen LogP contribution in [0.5, 0.6) is 0 Å². The number of carbonyl (C=O) groups is 2. The van der Waals surface area contributed by atoms with Crippen molar-refractivity contribution in [3.63, 3.8) is 0 Å². The van der Waals surface area contributed by atoms with E-state index in [4.69, 9.17) is 10.8 Å². The Morgan fingerprint density at radius 3 is 2.47 bits per heavy atom. The second-order valence-electron chi connectivity index (χ2n) is 4.70. The van der Waals surface area contributed by atoms with E-state index in [2.05, 4.69) is 15.9 Å². The zero-order chi connectivity index (χ0) is 14.6. The number of rotatable bonds is 6. The first-order valence-electron chi connectivity index (χ1n) is 5.87. The third-order valence-corrected chi connectivity index (χ3v) is 3.15. The fourth-order valence-electron chi connectivity index (χ4n) is 1.77. The van der Waals surface area contributed by atoms with Gasteiger partial charge in [0.05, 0.1) is 5.56 Å². The number of anilines is 1. The van der Waals surface area contributed by atoms with E-state index in [0.717, 1.165) is 5.69 Å². The van der Waals surface area contributed by atoms with Crippen LogP contribution in [0.2, 0.25) is 0 Å². The van der Waals surface area contributed by atoms with E-state index in [1.165, 1.54) is 0 Å². The minimum atomic E-state index is -0.893. The molecule has 104 valence electrons. The van der Waals surface area contributed by atoms with Crippen molar-refractivity contribution < 1.29 is 14.7 Å². The van der Waals surface area contributed by atoms with Crippen LogP contribution in [0.1, 0.15) is 24.2 Å². The van der Waals surface area contributed by atoms with Crippen LogP contribution in [-0.4, -0.2) is 30.1 Å². The molecule has 0 fully saturated rings. The summed E-state index contributed by atoms with van der Waals surface area (Å²) in [6.45, 7) is 4.57. The number of nitrogens with two attached hydrogens (primary N) is 1. The molecule has 5 nitrogen and oxygen atoms in total. The molecule has 0 spiro atoms. The normalized spacial score (nSPS) is 10.5. The molecule has 0 saturated heterocycles. The molecule has 0 unspecified atom stereocenters. The Kier molecular flexibility index (Phi) is 5.35. The maximum atomic E-state index is 11.1. The Labute approximate surface area is 120 Å². The first-order valence-corrected chi connectivity index (χ1v) is 6.66. The zero-order valence-corrected chi connectivity index (χ0v) is 12.5. The number of nitrogens with zero attached hydrogens (tertiary/aromatic N) is 1. The molecule has 0 aromatic heterocycles. The molecule has 1 aromatic carbocycles. The Morgan fingerprint density at radius 2 is 2.05 bits per heavy atom. The van der Waals surface area contributed by atoms with E-state index in [1.807, 2.05) is 13.8 Å². The summed E-state index contributed by atoms with van der Waals surface area (Å²) in [5.74, 6) is -1.09. The highest BCUT2D eigenvalue weighted by Crippen LogP contribution is 2.24. The summed E-state index contributed by atoms with van der Waals surface area (Å²) in [4.78, 5) is 23.8. The molecule has 3 N–H and O–H groups in total. The van der Waals surface area contributed by atoms with Crippen molar-refractivity contribution in [2.75, 3.05) is 18.0 Å². The van der Waals surface area contributed by atoms with Crippen molar-refractivity contribution in [2.45, 2.75) is 13.8 Å². The topological polar surface area (TPSA) is 83.6 Å². The summed E-state index contributed by atoms with van der Waals surface area (Å²) < 4.78 is 0.566. The maximum absolute atomic E-state index is 11.1. The van der Waals surface area contributed by atoms with E-state index in [1.54, 1.807) is 23.1 Å². The number of benzene rings is 1. The molecule has 1 aromatic rings. The van der Waals surface area contributed by atoms with E-state index < -0.39 is 11.9 Å². The van der Waals surface area contributed by atoms with Crippen LogP contribution in [0.25, 0.3) is 0 Å². The molecule has 6 heteroatoms. The van der Waals surface area contributed by atoms with Crippen molar-refractivity contribution in [1.29, 1.82) is 0 Å². The van der Waals surface area contributed by atoms with Gasteiger partial charge >= 0.3 is 5.97 Å². The van der Waals surface area contributed by atoms with E-state index in [9.17, 15) is 9.59 Å². The minimum absolute atomic E-state index is 0.0828. The highest BCUT2D eigenvalue weighted by atomic mass is 79.9. The molecule has 0 radical (unpaired) electrons. The SMILES string of the molecule is CC(C)CN(CC(=O)O)c1ccc(C(N)=O)c(Br)c1. The van der Waals surface area contributed by atoms with Crippen molar-refractivity contribution >= 4 is 33.5 Å². The van der Waals surface area contributed by atoms with Gasteiger partial charge in [-0.3, -0.25) is 9.59 Å². The van der Waals surface area contributed by atoms with Gasteiger partial charge in [0.1, 0.15) is 6.54 Å². The molecule has 1 amide bonds. The number of amides is 1. The van der Waals surface area contributed by atoms with Crippen molar-refractivity contribution in [3.8, 4) is 0 Å². The molecule has 0 bridgehead atoms. The van der Waals surface area contributed by atoms with Crippen LogP contribution in [0.3, 0.4) is 0 Å². The number of hydrogen-bond acceptors (Lipinski definition) is 3. The van der Waals surface area contributed by atoms with Gasteiger partial charge in [-0.1, -0.05) is 13.8 Å². The average molecular weight is 329 g/mol. The summed E-state index contributed by atoms with van der Waals surface area (Å²) in [7, 11) is 0. The second-order valence-corrected chi connectivity index (χ2v) is 5.55. The molecular formula is C13H17BrN2O3. The molecule has 0 aliphatic rings. The number of carboxylic acid groups (broad SMARTS) is 1. The molecule has 0 atom stereocenters. The third-order valence-electron chi connectivity index (χ3n) is 2.49. The van der Waals surface area contributed by atoms with Crippen LogP contribution < -0.4 is 10.6 Å². The fourth-order valence-corrected chi connectivity index (χ4v) is 2.33. The lowest BCUT2D eigenvalue weighted by molar-refractivity contribution is -0.135. The van der Waals surface area contributed by atoms with Gasteiger partial charge in [0.2, 0.25) is 5.91 Å². The van der Waals surface area contributed by atoms with Crippen LogP contribution >= 0.6 is 15.9 Å². The molecule has 0 heterocycles. The van der Waals surface area contributed by atoms with Crippen LogP contribution in [0.15, 0.2) is 22.7 Å². The predicted molar refractivity (Wildman–Crippen MR) is 77.3 cm³/mol. The average Bonchev–Trinajstić information content (AvgIpc) is 2.26. The van der Waals surface area contributed by atoms with Crippen molar-refractivity contribution in [3.05, 3.63) is 28.2 Å². The Hall–Kier alpha value is -1.56. The van der Waals surface area contributed by atoms with Gasteiger partial charge in [0.15, 0.2) is 0 Å². The van der Waals surface area contributed by atoms with Crippen LogP contribution in [0, 0.1) is 5.92 Å². The molecular weight excluding hydrogens is 312 g/mol. The largest absolute Gasteiger partial charge is 0.480 e. The third kappa shape index (κ3) is 4.55. The Morgan fingerprint density at radius 1 is 1.42 bits per heavy atom. The quantitative estimate of drug-likeness (QED) is 0.837. The van der Waals surface area contributed by atoms with E-state index in [0.29, 0.717) is 22.5 Å². The standard InChI is InChI=1S/C13H17BrN2O3/c1-8(2)6-16(7-12(17)18)9-3-4-10(13(15)19)11(14)5-9/h3-5,8H,6-7H2,1-2H3,(H2,15,19)(H,17,18). The van der Waals surface area contributed by atoms with Gasteiger partial charge in [0, 0.05) is 16.7 Å². The first kappa shape index (κ1) is 15.5. The van der Waals surface area contributed by atoms with E-state index >= 15 is 0 Å². The number of halogens is 1. The van der Waals surface area contributed by atoms with Crippen molar-refractivity contribution in [1.82, 2.24) is 0 Å². The van der Waals surface area contributed by atoms with Crippen LogP contribution in [-0.2, 0) is 4.79 Å². The summed E-state index contributed by atoms with van der Waals surface area (Å²) in [6, 6.07) is 5.01. The number of carboxylic acids is 1. The lowest BCUT2D eigenvalue weighted by Gasteiger charge is -2.25. The van der Waals surface area contributed by atoms with Crippen LogP contribution in [0.4, 0.5) is 5.69 Å². The lowest BCUT2D eigenvalue weighted by atomic mass is 10.1. The summed E-state index contributed by atoms with van der Waals surface area (Å²) in [6.07, 6.45) is 0. The summed E-state index contributed by atoms with van der Waals surface area (Å²) in [5.41, 5.74) is 6.35. The van der Waals surface area contributed by atoms with Gasteiger partial charge in [-0.2, -0.15) is 0 Å². The molecule has 19 heavy (non-hydrogen) atoms. The Bertz CT molecular complexity index is 489. The molecule has 0 aliphatic heterocycles. The van der Waals surface area contributed by atoms with Gasteiger partial charge in [0.25, 0.3) is 0 Å². The number of primary amides is 1. The smallest absolute Gasteiger partial charge is 0.323 e.